The van der Waals surface area contributed by atoms with Crippen LogP contribution in [0.3, 0.4) is 0 Å². The number of benzene rings is 4. The summed E-state index contributed by atoms with van der Waals surface area (Å²) >= 11 is 0. The van der Waals surface area contributed by atoms with Gasteiger partial charge < -0.3 is 18.9 Å². The first-order valence-electron chi connectivity index (χ1n) is 12.4. The molecule has 0 saturated heterocycles. The van der Waals surface area contributed by atoms with E-state index in [9.17, 15) is 9.59 Å². The zero-order valence-electron chi connectivity index (χ0n) is 21.5. The molecule has 0 saturated carbocycles. The Morgan fingerprint density at radius 1 is 0.421 bits per heavy atom. The highest BCUT2D eigenvalue weighted by atomic mass is 16.6. The number of esters is 2. The van der Waals surface area contributed by atoms with Crippen LogP contribution in [0.1, 0.15) is 13.8 Å². The molecule has 194 valence electrons. The van der Waals surface area contributed by atoms with E-state index in [4.69, 9.17) is 18.9 Å². The lowest BCUT2D eigenvalue weighted by Gasteiger charge is -2.09. The van der Waals surface area contributed by atoms with Gasteiger partial charge in [-0.25, -0.2) is 0 Å². The smallest absolute Gasteiger partial charge is 0.302 e. The van der Waals surface area contributed by atoms with Crippen LogP contribution in [0.2, 0.25) is 0 Å². The van der Waals surface area contributed by atoms with Crippen molar-refractivity contribution in [2.75, 3.05) is 26.4 Å². The summed E-state index contributed by atoms with van der Waals surface area (Å²) in [5.74, 6) is 0.851. The van der Waals surface area contributed by atoms with E-state index in [1.165, 1.54) is 13.8 Å². The highest BCUT2D eigenvalue weighted by Gasteiger charge is 2.04. The zero-order valence-corrected chi connectivity index (χ0v) is 21.5. The van der Waals surface area contributed by atoms with E-state index in [-0.39, 0.29) is 25.2 Å². The molecule has 38 heavy (non-hydrogen) atoms. The van der Waals surface area contributed by atoms with Crippen molar-refractivity contribution in [2.24, 2.45) is 0 Å². The lowest BCUT2D eigenvalue weighted by Crippen LogP contribution is -2.09. The first-order valence-corrected chi connectivity index (χ1v) is 12.4. The maximum atomic E-state index is 10.8. The second-order valence-electron chi connectivity index (χ2n) is 8.58. The molecular formula is C32H30O6. The van der Waals surface area contributed by atoms with Gasteiger partial charge in [0.15, 0.2) is 0 Å². The lowest BCUT2D eigenvalue weighted by atomic mass is 9.98. The summed E-state index contributed by atoms with van der Waals surface area (Å²) in [5, 5.41) is 0. The Bertz CT molecular complexity index is 1220. The molecule has 0 aromatic heterocycles. The Balaban J connectivity index is 1.33. The minimum atomic E-state index is -0.310. The van der Waals surface area contributed by atoms with Crippen LogP contribution in [0.25, 0.3) is 33.4 Å². The van der Waals surface area contributed by atoms with E-state index in [0.29, 0.717) is 13.2 Å². The topological polar surface area (TPSA) is 71.1 Å². The summed E-state index contributed by atoms with van der Waals surface area (Å²) in [4.78, 5) is 21.6. The molecule has 6 nitrogen and oxygen atoms in total. The van der Waals surface area contributed by atoms with Gasteiger partial charge in [-0.1, -0.05) is 72.8 Å². The molecule has 0 amide bonds. The largest absolute Gasteiger partial charge is 0.490 e. The molecule has 0 radical (unpaired) electrons. The SMILES string of the molecule is CC(=O)OCCOc1ccc(-c2ccc(-c3ccc(-c4ccc(OCCOC(C)=O)cc4)cc3)cc2)cc1. The van der Waals surface area contributed by atoms with Crippen LogP contribution in [-0.4, -0.2) is 38.4 Å². The monoisotopic (exact) mass is 510 g/mol. The van der Waals surface area contributed by atoms with Gasteiger partial charge in [-0.3, -0.25) is 9.59 Å². The van der Waals surface area contributed by atoms with E-state index in [0.717, 1.165) is 44.9 Å². The van der Waals surface area contributed by atoms with Crippen LogP contribution in [-0.2, 0) is 19.1 Å². The number of carbonyl (C=O) groups is 2. The van der Waals surface area contributed by atoms with Gasteiger partial charge in [-0.05, 0) is 57.6 Å². The second kappa shape index (κ2) is 13.1. The molecule has 0 aliphatic heterocycles. The van der Waals surface area contributed by atoms with Crippen molar-refractivity contribution >= 4 is 11.9 Å². The number of rotatable bonds is 11. The van der Waals surface area contributed by atoms with E-state index < -0.39 is 0 Å². The summed E-state index contributed by atoms with van der Waals surface area (Å²) in [6, 6.07) is 32.6. The van der Waals surface area contributed by atoms with Gasteiger partial charge >= 0.3 is 11.9 Å². The summed E-state index contributed by atoms with van der Waals surface area (Å²) in [7, 11) is 0. The van der Waals surface area contributed by atoms with Gasteiger partial charge in [-0.15, -0.1) is 0 Å². The molecule has 0 fully saturated rings. The molecule has 6 heteroatoms. The van der Waals surface area contributed by atoms with Crippen LogP contribution >= 0.6 is 0 Å². The Kier molecular flexibility index (Phi) is 9.13. The van der Waals surface area contributed by atoms with Crippen LogP contribution in [0, 0.1) is 0 Å². The maximum Gasteiger partial charge on any atom is 0.302 e. The number of hydrogen-bond donors (Lipinski definition) is 0. The van der Waals surface area contributed by atoms with Gasteiger partial charge in [0.2, 0.25) is 0 Å². The van der Waals surface area contributed by atoms with Crippen LogP contribution in [0.5, 0.6) is 11.5 Å². The van der Waals surface area contributed by atoms with Crippen molar-refractivity contribution in [3.05, 3.63) is 97.1 Å². The predicted octanol–water partition coefficient (Wildman–Crippen LogP) is 6.57. The molecule has 4 aromatic rings. The molecule has 4 aromatic carbocycles. The molecule has 0 spiro atoms. The predicted molar refractivity (Wildman–Crippen MR) is 147 cm³/mol. The second-order valence-corrected chi connectivity index (χ2v) is 8.58. The number of ether oxygens (including phenoxy) is 4. The molecule has 0 bridgehead atoms. The van der Waals surface area contributed by atoms with E-state index in [1.807, 2.05) is 48.5 Å². The van der Waals surface area contributed by atoms with Gasteiger partial charge in [0.1, 0.15) is 37.9 Å². The third-order valence-electron chi connectivity index (χ3n) is 5.79. The summed E-state index contributed by atoms with van der Waals surface area (Å²) in [6.07, 6.45) is 0. The Morgan fingerprint density at radius 3 is 0.895 bits per heavy atom. The standard InChI is InChI=1S/C32H30O6/c1-23(33)35-19-21-37-31-15-11-29(12-16-31)27-7-3-25(4-8-27)26-5-9-28(10-6-26)30-13-17-32(18-14-30)38-22-20-36-24(2)34/h3-18H,19-22H2,1-2H3. The van der Waals surface area contributed by atoms with Gasteiger partial charge in [0.25, 0.3) is 0 Å². The molecule has 0 aliphatic rings. The molecule has 0 atom stereocenters. The fraction of sp³-hybridized carbons (Fsp3) is 0.188. The van der Waals surface area contributed by atoms with E-state index in [2.05, 4.69) is 48.5 Å². The molecular weight excluding hydrogens is 480 g/mol. The van der Waals surface area contributed by atoms with Gasteiger partial charge in [0.05, 0.1) is 0 Å². The van der Waals surface area contributed by atoms with Crippen molar-refractivity contribution in [3.8, 4) is 44.9 Å². The minimum absolute atomic E-state index is 0.237. The Hall–Kier alpha value is -4.58. The number of hydrogen-bond acceptors (Lipinski definition) is 6. The van der Waals surface area contributed by atoms with Gasteiger partial charge in [0, 0.05) is 13.8 Å². The van der Waals surface area contributed by atoms with Crippen molar-refractivity contribution in [2.45, 2.75) is 13.8 Å². The van der Waals surface area contributed by atoms with Crippen molar-refractivity contribution < 1.29 is 28.5 Å². The van der Waals surface area contributed by atoms with Crippen molar-refractivity contribution in [1.29, 1.82) is 0 Å². The summed E-state index contributed by atoms with van der Waals surface area (Å²) in [5.41, 5.74) is 6.71. The third kappa shape index (κ3) is 7.71. The van der Waals surface area contributed by atoms with Crippen LogP contribution in [0.15, 0.2) is 97.1 Å². The van der Waals surface area contributed by atoms with E-state index >= 15 is 0 Å². The maximum absolute atomic E-state index is 10.8. The summed E-state index contributed by atoms with van der Waals surface area (Å²) in [6.45, 7) is 3.88. The average molecular weight is 511 g/mol. The molecule has 0 unspecified atom stereocenters. The Morgan fingerprint density at radius 2 is 0.658 bits per heavy atom. The first-order chi connectivity index (χ1) is 18.5. The molecule has 4 rings (SSSR count). The van der Waals surface area contributed by atoms with Crippen LogP contribution in [0.4, 0.5) is 0 Å². The number of carbonyl (C=O) groups excluding carboxylic acids is 2. The quantitative estimate of drug-likeness (QED) is 0.168. The highest BCUT2D eigenvalue weighted by Crippen LogP contribution is 2.29. The third-order valence-corrected chi connectivity index (χ3v) is 5.79. The fourth-order valence-corrected chi connectivity index (χ4v) is 3.89. The van der Waals surface area contributed by atoms with Crippen molar-refractivity contribution in [3.63, 3.8) is 0 Å². The van der Waals surface area contributed by atoms with Gasteiger partial charge in [-0.2, -0.15) is 0 Å². The lowest BCUT2D eigenvalue weighted by molar-refractivity contribution is -0.142. The minimum Gasteiger partial charge on any atom is -0.490 e. The zero-order chi connectivity index (χ0) is 26.7. The molecule has 0 heterocycles. The first kappa shape index (κ1) is 26.5. The van der Waals surface area contributed by atoms with Crippen LogP contribution < -0.4 is 9.47 Å². The summed E-state index contributed by atoms with van der Waals surface area (Å²) < 4.78 is 21.0. The molecule has 0 N–H and O–H groups in total. The fourth-order valence-electron chi connectivity index (χ4n) is 3.89. The van der Waals surface area contributed by atoms with E-state index in [1.54, 1.807) is 0 Å². The normalized spacial score (nSPS) is 10.5. The Labute approximate surface area is 222 Å². The highest BCUT2D eigenvalue weighted by molar-refractivity contribution is 5.73. The average Bonchev–Trinajstić information content (AvgIpc) is 2.94. The molecule has 0 aliphatic carbocycles. The van der Waals surface area contributed by atoms with Crippen molar-refractivity contribution in [1.82, 2.24) is 0 Å².